The van der Waals surface area contributed by atoms with Crippen molar-refractivity contribution in [3.8, 4) is 0 Å². The molecule has 2 rings (SSSR count). The summed E-state index contributed by atoms with van der Waals surface area (Å²) in [5, 5.41) is 8.70. The Morgan fingerprint density at radius 2 is 1.76 bits per heavy atom. The first-order valence-corrected chi connectivity index (χ1v) is 7.55. The molecule has 0 saturated carbocycles. The zero-order chi connectivity index (χ0) is 15.2. The third-order valence-corrected chi connectivity index (χ3v) is 3.57. The monoisotopic (exact) mass is 284 g/mol. The number of rotatable bonds is 6. The minimum absolute atomic E-state index is 0.0517. The van der Waals surface area contributed by atoms with Gasteiger partial charge in [-0.25, -0.2) is 0 Å². The summed E-state index contributed by atoms with van der Waals surface area (Å²) >= 11 is 0. The summed E-state index contributed by atoms with van der Waals surface area (Å²) in [6, 6.07) is 14.8. The van der Waals surface area contributed by atoms with Crippen LogP contribution in [-0.2, 0) is 4.79 Å². The molecule has 21 heavy (non-hydrogen) atoms. The molecule has 0 fully saturated rings. The Morgan fingerprint density at radius 1 is 1.05 bits per heavy atom. The summed E-state index contributed by atoms with van der Waals surface area (Å²) in [6.45, 7) is 7.34. The Kier molecular flexibility index (Phi) is 5.34. The number of hydrogen-bond acceptors (Lipinski definition) is 2. The second kappa shape index (κ2) is 7.23. The molecule has 0 aliphatic rings. The van der Waals surface area contributed by atoms with E-state index in [9.17, 15) is 4.79 Å². The van der Waals surface area contributed by atoms with Gasteiger partial charge >= 0.3 is 0 Å². The van der Waals surface area contributed by atoms with Crippen LogP contribution in [0.5, 0.6) is 0 Å². The lowest BCUT2D eigenvalue weighted by Gasteiger charge is -2.17. The smallest absolute Gasteiger partial charge is 0.233 e. The first-order valence-electron chi connectivity index (χ1n) is 7.55. The molecule has 0 spiro atoms. The molecule has 0 aliphatic carbocycles. The number of hydrogen-bond donors (Lipinski definition) is 2. The number of carbonyl (C=O) groups excluding carboxylic acids is 1. The van der Waals surface area contributed by atoms with Gasteiger partial charge in [-0.3, -0.25) is 4.79 Å². The Hall–Kier alpha value is -1.87. The molecule has 0 unspecified atom stereocenters. The Balaban J connectivity index is 1.99. The Labute approximate surface area is 126 Å². The SMILES string of the molecule is CC(C)CNC(=O)CN[C@@H](C)c1cccc2ccccc12. The molecule has 3 nitrogen and oxygen atoms in total. The largest absolute Gasteiger partial charge is 0.355 e. The maximum absolute atomic E-state index is 11.8. The van der Waals surface area contributed by atoms with Gasteiger partial charge in [0.05, 0.1) is 6.54 Å². The van der Waals surface area contributed by atoms with Crippen LogP contribution >= 0.6 is 0 Å². The third kappa shape index (κ3) is 4.30. The van der Waals surface area contributed by atoms with E-state index in [4.69, 9.17) is 0 Å². The quantitative estimate of drug-likeness (QED) is 0.855. The first kappa shape index (κ1) is 15.5. The van der Waals surface area contributed by atoms with E-state index in [-0.39, 0.29) is 11.9 Å². The maximum Gasteiger partial charge on any atom is 0.233 e. The van der Waals surface area contributed by atoms with E-state index in [0.29, 0.717) is 12.5 Å². The van der Waals surface area contributed by atoms with Crippen molar-refractivity contribution in [3.05, 3.63) is 48.0 Å². The fourth-order valence-corrected chi connectivity index (χ4v) is 2.36. The summed E-state index contributed by atoms with van der Waals surface area (Å²) in [4.78, 5) is 11.8. The predicted octanol–water partition coefficient (Wildman–Crippen LogP) is 3.26. The number of amides is 1. The molecular formula is C18H24N2O. The second-order valence-corrected chi connectivity index (χ2v) is 5.87. The molecule has 2 N–H and O–H groups in total. The lowest BCUT2D eigenvalue weighted by molar-refractivity contribution is -0.120. The molecule has 1 atom stereocenters. The van der Waals surface area contributed by atoms with E-state index in [1.54, 1.807) is 0 Å². The van der Waals surface area contributed by atoms with Crippen molar-refractivity contribution in [2.24, 2.45) is 5.92 Å². The van der Waals surface area contributed by atoms with Crippen LogP contribution in [0.4, 0.5) is 0 Å². The molecule has 0 heterocycles. The van der Waals surface area contributed by atoms with E-state index < -0.39 is 0 Å². The molecule has 0 bridgehead atoms. The van der Waals surface area contributed by atoms with Crippen molar-refractivity contribution >= 4 is 16.7 Å². The summed E-state index contributed by atoms with van der Waals surface area (Å²) < 4.78 is 0. The summed E-state index contributed by atoms with van der Waals surface area (Å²) in [6.07, 6.45) is 0. The van der Waals surface area contributed by atoms with E-state index in [2.05, 4.69) is 61.7 Å². The highest BCUT2D eigenvalue weighted by molar-refractivity contribution is 5.86. The zero-order valence-corrected chi connectivity index (χ0v) is 13.0. The molecule has 0 aliphatic heterocycles. The normalized spacial score (nSPS) is 12.6. The molecule has 2 aromatic rings. The molecular weight excluding hydrogens is 260 g/mol. The van der Waals surface area contributed by atoms with Gasteiger partial charge in [-0.1, -0.05) is 56.3 Å². The Bertz CT molecular complexity index is 602. The minimum atomic E-state index is 0.0517. The third-order valence-electron chi connectivity index (χ3n) is 3.57. The van der Waals surface area contributed by atoms with Crippen LogP contribution in [0, 0.1) is 5.92 Å². The molecule has 0 saturated heterocycles. The highest BCUT2D eigenvalue weighted by atomic mass is 16.1. The number of fused-ring (bicyclic) bond motifs is 1. The molecule has 0 radical (unpaired) electrons. The highest BCUT2D eigenvalue weighted by Crippen LogP contribution is 2.23. The van der Waals surface area contributed by atoms with Crippen LogP contribution in [0.25, 0.3) is 10.8 Å². The molecule has 0 aromatic heterocycles. The van der Waals surface area contributed by atoms with Gasteiger partial charge in [0.1, 0.15) is 0 Å². The average Bonchev–Trinajstić information content (AvgIpc) is 2.50. The number of carbonyl (C=O) groups is 1. The topological polar surface area (TPSA) is 41.1 Å². The predicted molar refractivity (Wildman–Crippen MR) is 88.2 cm³/mol. The average molecular weight is 284 g/mol. The van der Waals surface area contributed by atoms with Crippen molar-refractivity contribution < 1.29 is 4.79 Å². The molecule has 3 heteroatoms. The van der Waals surface area contributed by atoms with Crippen LogP contribution < -0.4 is 10.6 Å². The maximum atomic E-state index is 11.8. The van der Waals surface area contributed by atoms with Gasteiger partial charge in [-0.2, -0.15) is 0 Å². The van der Waals surface area contributed by atoms with Crippen LogP contribution in [-0.4, -0.2) is 19.0 Å². The standard InChI is InChI=1S/C18H24N2O/c1-13(2)11-20-18(21)12-19-14(3)16-10-6-8-15-7-4-5-9-17(15)16/h4-10,13-14,19H,11-12H2,1-3H3,(H,20,21)/t14-/m0/s1. The number of benzene rings is 2. The lowest BCUT2D eigenvalue weighted by Crippen LogP contribution is -2.36. The van der Waals surface area contributed by atoms with Crippen LogP contribution in [0.15, 0.2) is 42.5 Å². The summed E-state index contributed by atoms with van der Waals surface area (Å²) in [5.41, 5.74) is 1.23. The fourth-order valence-electron chi connectivity index (χ4n) is 2.36. The number of nitrogens with one attached hydrogen (secondary N) is 2. The van der Waals surface area contributed by atoms with Gasteiger partial charge in [0.2, 0.25) is 5.91 Å². The van der Waals surface area contributed by atoms with E-state index >= 15 is 0 Å². The summed E-state index contributed by atoms with van der Waals surface area (Å²) in [5.74, 6) is 0.528. The fraction of sp³-hybridized carbons (Fsp3) is 0.389. The lowest BCUT2D eigenvalue weighted by atomic mass is 10.00. The minimum Gasteiger partial charge on any atom is -0.355 e. The van der Waals surface area contributed by atoms with Crippen LogP contribution in [0.3, 0.4) is 0 Å². The van der Waals surface area contributed by atoms with Gasteiger partial charge in [0, 0.05) is 12.6 Å². The first-order chi connectivity index (χ1) is 10.1. The van der Waals surface area contributed by atoms with Crippen LogP contribution in [0.2, 0.25) is 0 Å². The van der Waals surface area contributed by atoms with Gasteiger partial charge in [0.25, 0.3) is 0 Å². The molecule has 1 amide bonds. The van der Waals surface area contributed by atoms with E-state index in [0.717, 1.165) is 6.54 Å². The van der Waals surface area contributed by atoms with Crippen molar-refractivity contribution in [1.29, 1.82) is 0 Å². The van der Waals surface area contributed by atoms with Crippen molar-refractivity contribution in [1.82, 2.24) is 10.6 Å². The summed E-state index contributed by atoms with van der Waals surface area (Å²) in [7, 11) is 0. The van der Waals surface area contributed by atoms with E-state index in [1.807, 2.05) is 12.1 Å². The Morgan fingerprint density at radius 3 is 2.52 bits per heavy atom. The second-order valence-electron chi connectivity index (χ2n) is 5.87. The molecule has 112 valence electrons. The van der Waals surface area contributed by atoms with Gasteiger partial charge in [-0.05, 0) is 29.2 Å². The van der Waals surface area contributed by atoms with Gasteiger partial charge in [-0.15, -0.1) is 0 Å². The van der Waals surface area contributed by atoms with Gasteiger partial charge in [0.15, 0.2) is 0 Å². The van der Waals surface area contributed by atoms with Crippen LogP contribution in [0.1, 0.15) is 32.4 Å². The zero-order valence-electron chi connectivity index (χ0n) is 13.0. The van der Waals surface area contributed by atoms with Crippen molar-refractivity contribution in [2.75, 3.05) is 13.1 Å². The molecule has 2 aromatic carbocycles. The highest BCUT2D eigenvalue weighted by Gasteiger charge is 2.10. The van der Waals surface area contributed by atoms with Crippen molar-refractivity contribution in [2.45, 2.75) is 26.8 Å². The van der Waals surface area contributed by atoms with E-state index in [1.165, 1.54) is 16.3 Å². The van der Waals surface area contributed by atoms with Gasteiger partial charge < -0.3 is 10.6 Å². The van der Waals surface area contributed by atoms with Crippen molar-refractivity contribution in [3.63, 3.8) is 0 Å².